The third kappa shape index (κ3) is 4.03. The molecule has 8 nitrogen and oxygen atoms in total. The summed E-state index contributed by atoms with van der Waals surface area (Å²) in [5, 5.41) is 11.1. The number of para-hydroxylation sites is 2. The number of nitrogens with zero attached hydrogens (tertiary/aromatic N) is 3. The summed E-state index contributed by atoms with van der Waals surface area (Å²) in [6, 6.07) is 9.60. The van der Waals surface area contributed by atoms with E-state index in [0.29, 0.717) is 29.8 Å². The predicted octanol–water partition coefficient (Wildman–Crippen LogP) is 2.97. The SMILES string of the molecule is Cc1occc1-c1nnc(SCC(=O)NCCc2nc3ccccc3[nH]2)o1. The average Bonchev–Trinajstić information content (AvgIpc) is 3.38. The number of hydrogen-bond acceptors (Lipinski definition) is 7. The van der Waals surface area contributed by atoms with Gasteiger partial charge in [0.25, 0.3) is 11.1 Å². The van der Waals surface area contributed by atoms with Crippen LogP contribution >= 0.6 is 11.8 Å². The van der Waals surface area contributed by atoms with E-state index in [1.54, 1.807) is 12.3 Å². The number of rotatable bonds is 7. The number of aromatic amines is 1. The largest absolute Gasteiger partial charge is 0.469 e. The number of hydrogen-bond donors (Lipinski definition) is 2. The molecule has 0 aliphatic carbocycles. The number of nitrogens with one attached hydrogen (secondary N) is 2. The normalized spacial score (nSPS) is 11.1. The lowest BCUT2D eigenvalue weighted by Gasteiger charge is -2.02. The Morgan fingerprint density at radius 2 is 2.15 bits per heavy atom. The van der Waals surface area contributed by atoms with E-state index >= 15 is 0 Å². The third-order valence-electron chi connectivity index (χ3n) is 3.94. The van der Waals surface area contributed by atoms with Crippen LogP contribution in [0.1, 0.15) is 11.6 Å². The van der Waals surface area contributed by atoms with Crippen molar-refractivity contribution in [3.63, 3.8) is 0 Å². The Labute approximate surface area is 158 Å². The van der Waals surface area contributed by atoms with Gasteiger partial charge >= 0.3 is 0 Å². The van der Waals surface area contributed by atoms with E-state index in [1.165, 1.54) is 11.8 Å². The summed E-state index contributed by atoms with van der Waals surface area (Å²) in [5.74, 6) is 2.04. The van der Waals surface area contributed by atoms with Gasteiger partial charge in [0.05, 0.1) is 28.6 Å². The maximum Gasteiger partial charge on any atom is 0.277 e. The van der Waals surface area contributed by atoms with Gasteiger partial charge in [0.1, 0.15) is 11.6 Å². The Hall–Kier alpha value is -3.07. The monoisotopic (exact) mass is 383 g/mol. The fraction of sp³-hybridized carbons (Fsp3) is 0.222. The van der Waals surface area contributed by atoms with E-state index in [2.05, 4.69) is 25.5 Å². The van der Waals surface area contributed by atoms with Crippen LogP contribution in [0.15, 0.2) is 50.7 Å². The van der Waals surface area contributed by atoms with Crippen LogP contribution in [0.4, 0.5) is 0 Å². The van der Waals surface area contributed by atoms with Crippen LogP contribution in [-0.4, -0.2) is 38.4 Å². The van der Waals surface area contributed by atoms with Crippen LogP contribution in [0.25, 0.3) is 22.5 Å². The first-order valence-corrected chi connectivity index (χ1v) is 9.39. The molecule has 0 fully saturated rings. The molecule has 3 aromatic heterocycles. The van der Waals surface area contributed by atoms with Gasteiger partial charge in [-0.05, 0) is 25.1 Å². The number of furan rings is 1. The van der Waals surface area contributed by atoms with Gasteiger partial charge in [0.2, 0.25) is 5.91 Å². The Bertz CT molecular complexity index is 1030. The van der Waals surface area contributed by atoms with Crippen LogP contribution in [0, 0.1) is 6.92 Å². The van der Waals surface area contributed by atoms with Crippen LogP contribution in [0.5, 0.6) is 0 Å². The summed E-state index contributed by atoms with van der Waals surface area (Å²) < 4.78 is 10.8. The summed E-state index contributed by atoms with van der Waals surface area (Å²) in [7, 11) is 0. The van der Waals surface area contributed by atoms with Crippen LogP contribution in [-0.2, 0) is 11.2 Å². The van der Waals surface area contributed by atoms with Gasteiger partial charge in [-0.25, -0.2) is 4.98 Å². The average molecular weight is 383 g/mol. The maximum absolute atomic E-state index is 12.0. The van der Waals surface area contributed by atoms with Gasteiger partial charge in [0.15, 0.2) is 0 Å². The van der Waals surface area contributed by atoms with Crippen molar-refractivity contribution in [2.24, 2.45) is 0 Å². The molecule has 0 saturated heterocycles. The van der Waals surface area contributed by atoms with Gasteiger partial charge in [-0.15, -0.1) is 10.2 Å². The highest BCUT2D eigenvalue weighted by Gasteiger charge is 2.14. The minimum Gasteiger partial charge on any atom is -0.469 e. The van der Waals surface area contributed by atoms with Crippen LogP contribution in [0.2, 0.25) is 0 Å². The fourth-order valence-corrected chi connectivity index (χ4v) is 3.20. The number of fused-ring (bicyclic) bond motifs is 1. The Morgan fingerprint density at radius 1 is 1.26 bits per heavy atom. The van der Waals surface area contributed by atoms with Gasteiger partial charge in [-0.1, -0.05) is 23.9 Å². The van der Waals surface area contributed by atoms with Crippen molar-refractivity contribution in [3.05, 3.63) is 48.2 Å². The summed E-state index contributed by atoms with van der Waals surface area (Å²) in [5.41, 5.74) is 2.67. The highest BCUT2D eigenvalue weighted by molar-refractivity contribution is 7.99. The molecule has 0 aliphatic heterocycles. The van der Waals surface area contributed by atoms with E-state index < -0.39 is 0 Å². The molecule has 3 heterocycles. The van der Waals surface area contributed by atoms with E-state index in [9.17, 15) is 4.79 Å². The zero-order valence-corrected chi connectivity index (χ0v) is 15.4. The number of thioether (sulfide) groups is 1. The zero-order valence-electron chi connectivity index (χ0n) is 14.6. The van der Waals surface area contributed by atoms with Crippen molar-refractivity contribution in [1.82, 2.24) is 25.5 Å². The van der Waals surface area contributed by atoms with Gasteiger partial charge in [-0.2, -0.15) is 0 Å². The van der Waals surface area contributed by atoms with Crippen molar-refractivity contribution < 1.29 is 13.6 Å². The van der Waals surface area contributed by atoms with E-state index in [-0.39, 0.29) is 11.7 Å². The first-order valence-electron chi connectivity index (χ1n) is 8.40. The number of benzene rings is 1. The van der Waals surface area contributed by atoms with Crippen LogP contribution < -0.4 is 5.32 Å². The predicted molar refractivity (Wildman–Crippen MR) is 100 cm³/mol. The number of aromatic nitrogens is 4. The lowest BCUT2D eigenvalue weighted by atomic mass is 10.3. The quantitative estimate of drug-likeness (QED) is 0.472. The van der Waals surface area contributed by atoms with Crippen molar-refractivity contribution in [1.29, 1.82) is 0 Å². The standard InChI is InChI=1S/C18H17N5O3S/c1-11-12(7-9-25-11)17-22-23-18(26-17)27-10-16(24)19-8-6-15-20-13-4-2-3-5-14(13)21-15/h2-5,7,9H,6,8,10H2,1H3,(H,19,24)(H,20,21). The molecule has 0 spiro atoms. The highest BCUT2D eigenvalue weighted by Crippen LogP contribution is 2.26. The molecule has 4 aromatic rings. The van der Waals surface area contributed by atoms with Gasteiger partial charge in [-0.3, -0.25) is 4.79 Å². The molecule has 0 aliphatic rings. The Kier molecular flexibility index (Phi) is 4.93. The summed E-state index contributed by atoms with van der Waals surface area (Å²) in [4.78, 5) is 19.7. The van der Waals surface area contributed by atoms with E-state index in [1.807, 2.05) is 31.2 Å². The van der Waals surface area contributed by atoms with Crippen LogP contribution in [0.3, 0.4) is 0 Å². The first kappa shape index (κ1) is 17.3. The number of aryl methyl sites for hydroxylation is 1. The molecule has 1 aromatic carbocycles. The lowest BCUT2D eigenvalue weighted by Crippen LogP contribution is -2.27. The van der Waals surface area contributed by atoms with Gasteiger partial charge < -0.3 is 19.1 Å². The van der Waals surface area contributed by atoms with E-state index in [4.69, 9.17) is 8.83 Å². The molecule has 27 heavy (non-hydrogen) atoms. The molecule has 0 atom stereocenters. The number of carbonyl (C=O) groups excluding carboxylic acids is 1. The van der Waals surface area contributed by atoms with Crippen molar-refractivity contribution in [2.45, 2.75) is 18.6 Å². The zero-order chi connectivity index (χ0) is 18.6. The summed E-state index contributed by atoms with van der Waals surface area (Å²) in [6.45, 7) is 2.32. The molecule has 0 saturated carbocycles. The first-order chi connectivity index (χ1) is 13.2. The van der Waals surface area contributed by atoms with Crippen molar-refractivity contribution in [2.75, 3.05) is 12.3 Å². The molecule has 0 radical (unpaired) electrons. The molecule has 0 bridgehead atoms. The summed E-state index contributed by atoms with van der Waals surface area (Å²) in [6.07, 6.45) is 2.20. The number of imidazole rings is 1. The summed E-state index contributed by atoms with van der Waals surface area (Å²) >= 11 is 1.20. The lowest BCUT2D eigenvalue weighted by molar-refractivity contribution is -0.118. The minimum atomic E-state index is -0.102. The Morgan fingerprint density at radius 3 is 2.96 bits per heavy atom. The molecular weight excluding hydrogens is 366 g/mol. The van der Waals surface area contributed by atoms with Gasteiger partial charge in [0, 0.05) is 13.0 Å². The maximum atomic E-state index is 12.0. The number of amides is 1. The van der Waals surface area contributed by atoms with Crippen molar-refractivity contribution >= 4 is 28.7 Å². The molecule has 1 amide bonds. The molecule has 2 N–H and O–H groups in total. The third-order valence-corrected chi connectivity index (χ3v) is 4.76. The van der Waals surface area contributed by atoms with Crippen molar-refractivity contribution in [3.8, 4) is 11.5 Å². The Balaban J connectivity index is 1.24. The molecule has 9 heteroatoms. The fourth-order valence-electron chi connectivity index (χ4n) is 2.61. The second-order valence-corrected chi connectivity index (χ2v) is 6.78. The molecule has 4 rings (SSSR count). The highest BCUT2D eigenvalue weighted by atomic mass is 32.2. The topological polar surface area (TPSA) is 110 Å². The second-order valence-electron chi connectivity index (χ2n) is 5.85. The minimum absolute atomic E-state index is 0.102. The smallest absolute Gasteiger partial charge is 0.277 e. The molecule has 138 valence electrons. The molecular formula is C18H17N5O3S. The van der Waals surface area contributed by atoms with E-state index in [0.717, 1.165) is 22.4 Å². The number of carbonyl (C=O) groups is 1. The number of H-pyrrole nitrogens is 1. The second kappa shape index (κ2) is 7.67. The molecule has 0 unspecified atom stereocenters.